The average Bonchev–Trinajstić information content (AvgIpc) is 3.03. The van der Waals surface area contributed by atoms with Gasteiger partial charge < -0.3 is 5.32 Å². The largest absolute Gasteiger partial charge is 0.348 e. The third kappa shape index (κ3) is 3.33. The van der Waals surface area contributed by atoms with Crippen LogP contribution in [0.4, 0.5) is 5.13 Å². The lowest BCUT2D eigenvalue weighted by Gasteiger charge is -2.56. The number of hydrogen-bond acceptors (Lipinski definition) is 4. The highest BCUT2D eigenvalue weighted by Crippen LogP contribution is 2.60. The Bertz CT molecular complexity index is 634. The van der Waals surface area contributed by atoms with E-state index in [-0.39, 0.29) is 5.41 Å². The molecule has 4 aliphatic carbocycles. The van der Waals surface area contributed by atoms with Crippen LogP contribution in [0.5, 0.6) is 0 Å². The summed E-state index contributed by atoms with van der Waals surface area (Å²) in [6.07, 6.45) is 9.87. The van der Waals surface area contributed by atoms with Gasteiger partial charge in [0.25, 0.3) is 0 Å². The number of nitrogens with zero attached hydrogens (tertiary/aromatic N) is 1. The first kappa shape index (κ1) is 17.0. The third-order valence-electron chi connectivity index (χ3n) is 6.33. The molecule has 5 nitrogen and oxygen atoms in total. The van der Waals surface area contributed by atoms with Crippen LogP contribution in [-0.2, 0) is 15.0 Å². The van der Waals surface area contributed by atoms with E-state index in [4.69, 9.17) is 4.98 Å². The Morgan fingerprint density at radius 2 is 1.80 bits per heavy atom. The maximum Gasteiger partial charge on any atom is 0.315 e. The molecule has 4 saturated carbocycles. The van der Waals surface area contributed by atoms with Gasteiger partial charge >= 0.3 is 11.8 Å². The zero-order valence-corrected chi connectivity index (χ0v) is 15.7. The van der Waals surface area contributed by atoms with Crippen molar-refractivity contribution in [3.63, 3.8) is 0 Å². The van der Waals surface area contributed by atoms with Crippen LogP contribution in [0.2, 0.25) is 0 Å². The second-order valence-corrected chi connectivity index (χ2v) is 9.16. The molecule has 4 bridgehead atoms. The highest BCUT2D eigenvalue weighted by atomic mass is 32.1. The number of amides is 2. The zero-order chi connectivity index (χ0) is 17.4. The normalized spacial score (nSPS) is 32.6. The van der Waals surface area contributed by atoms with E-state index in [1.165, 1.54) is 49.9 Å². The summed E-state index contributed by atoms with van der Waals surface area (Å²) in [5.74, 6) is 1.43. The van der Waals surface area contributed by atoms with Gasteiger partial charge in [0.2, 0.25) is 0 Å². The van der Waals surface area contributed by atoms with Crippen molar-refractivity contribution < 1.29 is 9.59 Å². The van der Waals surface area contributed by atoms with Gasteiger partial charge in [0.05, 0.1) is 5.69 Å². The quantitative estimate of drug-likeness (QED) is 0.623. The Morgan fingerprint density at radius 1 is 1.16 bits per heavy atom. The summed E-state index contributed by atoms with van der Waals surface area (Å²) in [6, 6.07) is 0. The lowest BCUT2D eigenvalue weighted by atomic mass is 9.49. The molecule has 4 aliphatic rings. The van der Waals surface area contributed by atoms with Crippen molar-refractivity contribution in [3.05, 3.63) is 11.1 Å². The number of rotatable bonds is 5. The summed E-state index contributed by atoms with van der Waals surface area (Å²) in [7, 11) is 0. The number of carbonyl (C=O) groups excluding carboxylic acids is 2. The molecule has 0 unspecified atom stereocenters. The van der Waals surface area contributed by atoms with Crippen molar-refractivity contribution in [2.24, 2.45) is 17.8 Å². The molecule has 0 spiro atoms. The molecule has 0 aromatic carbocycles. The summed E-state index contributed by atoms with van der Waals surface area (Å²) < 4.78 is 0. The summed E-state index contributed by atoms with van der Waals surface area (Å²) in [5.41, 5.74) is 1.38. The van der Waals surface area contributed by atoms with Crippen molar-refractivity contribution >= 4 is 28.3 Å². The minimum atomic E-state index is -0.609. The van der Waals surface area contributed by atoms with E-state index in [0.717, 1.165) is 36.3 Å². The van der Waals surface area contributed by atoms with Crippen LogP contribution in [0.1, 0.15) is 64.0 Å². The summed E-state index contributed by atoms with van der Waals surface area (Å²) in [6.45, 7) is 2.59. The Labute approximate surface area is 153 Å². The van der Waals surface area contributed by atoms with E-state index in [1.807, 2.05) is 6.92 Å². The third-order valence-corrected chi connectivity index (χ3v) is 7.09. The fourth-order valence-electron chi connectivity index (χ4n) is 5.61. The van der Waals surface area contributed by atoms with Crippen molar-refractivity contribution in [1.29, 1.82) is 0 Å². The smallest absolute Gasteiger partial charge is 0.315 e. The van der Waals surface area contributed by atoms with Gasteiger partial charge in [-0.15, -0.1) is 11.3 Å². The lowest BCUT2D eigenvalue weighted by molar-refractivity contribution is -0.136. The molecule has 25 heavy (non-hydrogen) atoms. The number of unbranched alkanes of at least 4 members (excludes halogenated alkanes) is 1. The first-order chi connectivity index (χ1) is 12.1. The highest BCUT2D eigenvalue weighted by Gasteiger charge is 2.52. The first-order valence-electron chi connectivity index (χ1n) is 9.63. The molecular formula is C19H27N3O2S. The van der Waals surface area contributed by atoms with Gasteiger partial charge in [0, 0.05) is 17.3 Å². The van der Waals surface area contributed by atoms with Crippen LogP contribution in [0.25, 0.3) is 0 Å². The molecule has 6 heteroatoms. The molecule has 0 saturated heterocycles. The number of hydrogen-bond donors (Lipinski definition) is 2. The predicted molar refractivity (Wildman–Crippen MR) is 98.5 cm³/mol. The van der Waals surface area contributed by atoms with Crippen molar-refractivity contribution in [2.75, 3.05) is 11.9 Å². The van der Waals surface area contributed by atoms with Gasteiger partial charge in [0.15, 0.2) is 5.13 Å². The van der Waals surface area contributed by atoms with Crippen LogP contribution in [0, 0.1) is 17.8 Å². The highest BCUT2D eigenvalue weighted by molar-refractivity contribution is 7.14. The van der Waals surface area contributed by atoms with Crippen LogP contribution in [0.3, 0.4) is 0 Å². The van der Waals surface area contributed by atoms with E-state index < -0.39 is 11.8 Å². The van der Waals surface area contributed by atoms with Crippen molar-refractivity contribution in [3.8, 4) is 0 Å². The van der Waals surface area contributed by atoms with E-state index >= 15 is 0 Å². The van der Waals surface area contributed by atoms with E-state index in [1.54, 1.807) is 0 Å². The fraction of sp³-hybridized carbons (Fsp3) is 0.737. The minimum Gasteiger partial charge on any atom is -0.348 e. The van der Waals surface area contributed by atoms with Crippen molar-refractivity contribution in [1.82, 2.24) is 10.3 Å². The van der Waals surface area contributed by atoms with E-state index in [2.05, 4.69) is 16.0 Å². The summed E-state index contributed by atoms with van der Waals surface area (Å²) in [5, 5.41) is 7.99. The summed E-state index contributed by atoms with van der Waals surface area (Å²) >= 11 is 1.45. The second-order valence-electron chi connectivity index (χ2n) is 8.30. The molecule has 4 fully saturated rings. The second kappa shape index (κ2) is 6.71. The topological polar surface area (TPSA) is 71.1 Å². The molecule has 1 heterocycles. The molecule has 0 radical (unpaired) electrons. The van der Waals surface area contributed by atoms with Crippen LogP contribution in [-0.4, -0.2) is 23.3 Å². The van der Waals surface area contributed by atoms with Gasteiger partial charge in [-0.05, 0) is 62.7 Å². The molecule has 2 amide bonds. The number of aromatic nitrogens is 1. The predicted octanol–water partition coefficient (Wildman–Crippen LogP) is 3.47. The van der Waals surface area contributed by atoms with Gasteiger partial charge in [-0.1, -0.05) is 13.3 Å². The van der Waals surface area contributed by atoms with E-state index in [0.29, 0.717) is 11.7 Å². The zero-order valence-electron chi connectivity index (χ0n) is 14.8. The summed E-state index contributed by atoms with van der Waals surface area (Å²) in [4.78, 5) is 28.5. The Balaban J connectivity index is 1.41. The van der Waals surface area contributed by atoms with Crippen LogP contribution < -0.4 is 10.6 Å². The first-order valence-corrected chi connectivity index (χ1v) is 10.5. The Morgan fingerprint density at radius 3 is 2.40 bits per heavy atom. The molecule has 0 aliphatic heterocycles. The van der Waals surface area contributed by atoms with Gasteiger partial charge in [0.1, 0.15) is 0 Å². The number of anilines is 1. The van der Waals surface area contributed by atoms with Gasteiger partial charge in [-0.3, -0.25) is 14.9 Å². The molecule has 5 rings (SSSR count). The molecule has 136 valence electrons. The molecule has 2 N–H and O–H groups in total. The van der Waals surface area contributed by atoms with Gasteiger partial charge in [-0.2, -0.15) is 0 Å². The molecule has 1 aromatic heterocycles. The minimum absolute atomic E-state index is 0.234. The molecule has 0 atom stereocenters. The fourth-order valence-corrected chi connectivity index (χ4v) is 6.44. The number of thiazole rings is 1. The Hall–Kier alpha value is -1.43. The monoisotopic (exact) mass is 361 g/mol. The van der Waals surface area contributed by atoms with Crippen LogP contribution >= 0.6 is 11.3 Å². The van der Waals surface area contributed by atoms with Crippen LogP contribution in [0.15, 0.2) is 5.38 Å². The Kier molecular flexibility index (Phi) is 4.56. The average molecular weight is 362 g/mol. The maximum absolute atomic E-state index is 12.0. The molecular weight excluding hydrogens is 334 g/mol. The van der Waals surface area contributed by atoms with E-state index in [9.17, 15) is 9.59 Å². The number of carbonyl (C=O) groups is 2. The van der Waals surface area contributed by atoms with Crippen molar-refractivity contribution in [2.45, 2.75) is 63.7 Å². The standard InChI is InChI=1S/C19H27N3O2S/c1-2-3-4-20-16(23)17(24)22-18-21-15(11-25-18)19-8-12-5-13(9-19)7-14(6-12)10-19/h11-14H,2-10H2,1H3,(H,20,23)(H,21,22,24). The lowest BCUT2D eigenvalue weighted by Crippen LogP contribution is -2.48. The maximum atomic E-state index is 12.0. The molecule has 1 aromatic rings. The SMILES string of the molecule is CCCCNC(=O)C(=O)Nc1nc(C23CC4CC(CC(C4)C2)C3)cs1. The number of nitrogens with one attached hydrogen (secondary N) is 2. The van der Waals surface area contributed by atoms with Gasteiger partial charge in [-0.25, -0.2) is 4.98 Å².